The number of nitrogens with zero attached hydrogens (tertiary/aromatic N) is 2. The van der Waals surface area contributed by atoms with E-state index in [-0.39, 0.29) is 0 Å². The largest absolute Gasteiger partial charge is 0.493 e. The van der Waals surface area contributed by atoms with Crippen LogP contribution >= 0.6 is 0 Å². The van der Waals surface area contributed by atoms with E-state index < -0.39 is 0 Å². The van der Waals surface area contributed by atoms with Crippen LogP contribution in [0, 0.1) is 5.92 Å². The van der Waals surface area contributed by atoms with Gasteiger partial charge in [0.05, 0.1) is 13.7 Å². The Kier molecular flexibility index (Phi) is 6.93. The number of likely N-dealkylation sites (tertiary alicyclic amines) is 1. The number of ether oxygens (including phenoxy) is 2. The summed E-state index contributed by atoms with van der Waals surface area (Å²) < 4.78 is 11.1. The van der Waals surface area contributed by atoms with Crippen molar-refractivity contribution in [3.8, 4) is 5.75 Å². The minimum absolute atomic E-state index is 0.553. The molecule has 2 heterocycles. The Bertz CT molecular complexity index is 704. The van der Waals surface area contributed by atoms with Crippen molar-refractivity contribution in [1.82, 2.24) is 4.90 Å². The summed E-state index contributed by atoms with van der Waals surface area (Å²) in [5.74, 6) is 2.49. The molecule has 0 atom stereocenters. The summed E-state index contributed by atoms with van der Waals surface area (Å²) in [6.45, 7) is 7.93. The van der Waals surface area contributed by atoms with E-state index in [2.05, 4.69) is 34.7 Å². The van der Waals surface area contributed by atoms with Crippen molar-refractivity contribution >= 4 is 5.90 Å². The van der Waals surface area contributed by atoms with Crippen LogP contribution in [0.15, 0.2) is 47.7 Å². The number of rotatable bonds is 7. The third kappa shape index (κ3) is 5.13. The van der Waals surface area contributed by atoms with Crippen LogP contribution in [0.4, 0.5) is 0 Å². The van der Waals surface area contributed by atoms with Crippen LogP contribution in [0.2, 0.25) is 0 Å². The molecule has 5 nitrogen and oxygen atoms in total. The topological polar surface area (TPSA) is 60.1 Å². The fourth-order valence-corrected chi connectivity index (χ4v) is 4.01. The molecule has 0 bridgehead atoms. The van der Waals surface area contributed by atoms with Gasteiger partial charge in [0.15, 0.2) is 0 Å². The molecule has 27 heavy (non-hydrogen) atoms. The van der Waals surface area contributed by atoms with Gasteiger partial charge in [-0.3, -0.25) is 4.90 Å². The average Bonchev–Trinajstić information content (AvgIpc) is 3.17. The van der Waals surface area contributed by atoms with Gasteiger partial charge in [0, 0.05) is 30.9 Å². The molecule has 0 radical (unpaired) electrons. The lowest BCUT2D eigenvalue weighted by Gasteiger charge is -2.32. The summed E-state index contributed by atoms with van der Waals surface area (Å²) in [6, 6.07) is 6.59. The number of fused-ring (bicyclic) bond motifs is 1. The second kappa shape index (κ2) is 9.60. The van der Waals surface area contributed by atoms with Gasteiger partial charge in [0.2, 0.25) is 5.90 Å². The van der Waals surface area contributed by atoms with Crippen LogP contribution in [-0.4, -0.2) is 44.1 Å². The van der Waals surface area contributed by atoms with Gasteiger partial charge >= 0.3 is 0 Å². The standard InChI is InChI=1S/C22H31N3O2/c1-17(22(26-2)24-12-11-23)16-25-13-8-18(9-14-25)6-7-19-4-3-5-20-10-15-27-21(19)20/h3-5,11-12,18H,1,6-10,13-16,23H2,2H3/b12-11-,24-22?. The molecule has 0 amide bonds. The number of piperidine rings is 1. The molecule has 2 aliphatic heterocycles. The molecule has 0 aliphatic carbocycles. The molecule has 3 rings (SSSR count). The minimum atomic E-state index is 0.553. The lowest BCUT2D eigenvalue weighted by molar-refractivity contribution is 0.192. The SMILES string of the molecule is C=C(CN1CCC(CCc2cccc3c2OCC3)CC1)C(=N/C=C\N)OC. The number of aryl methyl sites for hydroxylation is 1. The quantitative estimate of drug-likeness (QED) is 0.592. The number of benzene rings is 1. The van der Waals surface area contributed by atoms with Crippen molar-refractivity contribution in [2.24, 2.45) is 16.6 Å². The molecule has 0 spiro atoms. The van der Waals surface area contributed by atoms with Gasteiger partial charge in [0.1, 0.15) is 5.75 Å². The molecule has 0 saturated carbocycles. The van der Waals surface area contributed by atoms with E-state index in [9.17, 15) is 0 Å². The Hall–Kier alpha value is -2.27. The normalized spacial score (nSPS) is 18.5. The minimum Gasteiger partial charge on any atom is -0.493 e. The van der Waals surface area contributed by atoms with Crippen molar-refractivity contribution in [3.63, 3.8) is 0 Å². The van der Waals surface area contributed by atoms with E-state index in [4.69, 9.17) is 15.2 Å². The zero-order chi connectivity index (χ0) is 19.1. The Labute approximate surface area is 162 Å². The second-order valence-corrected chi connectivity index (χ2v) is 7.35. The highest BCUT2D eigenvalue weighted by molar-refractivity contribution is 5.93. The van der Waals surface area contributed by atoms with E-state index in [0.29, 0.717) is 5.90 Å². The van der Waals surface area contributed by atoms with E-state index in [0.717, 1.165) is 56.3 Å². The van der Waals surface area contributed by atoms with Gasteiger partial charge in [-0.25, -0.2) is 4.99 Å². The summed E-state index contributed by atoms with van der Waals surface area (Å²) in [5, 5.41) is 0. The maximum atomic E-state index is 5.84. The van der Waals surface area contributed by atoms with Gasteiger partial charge in [-0.15, -0.1) is 0 Å². The second-order valence-electron chi connectivity index (χ2n) is 7.35. The van der Waals surface area contributed by atoms with Gasteiger partial charge in [-0.2, -0.15) is 0 Å². The molecule has 0 aromatic heterocycles. The summed E-state index contributed by atoms with van der Waals surface area (Å²) >= 11 is 0. The van der Waals surface area contributed by atoms with Crippen LogP contribution in [0.5, 0.6) is 5.75 Å². The van der Waals surface area contributed by atoms with Crippen molar-refractivity contribution in [2.75, 3.05) is 33.4 Å². The molecule has 0 unspecified atom stereocenters. The summed E-state index contributed by atoms with van der Waals surface area (Å²) in [7, 11) is 1.62. The van der Waals surface area contributed by atoms with E-state index in [1.165, 1.54) is 42.8 Å². The predicted molar refractivity (Wildman–Crippen MR) is 110 cm³/mol. The smallest absolute Gasteiger partial charge is 0.216 e. The van der Waals surface area contributed by atoms with Crippen LogP contribution in [0.1, 0.15) is 30.4 Å². The number of para-hydroxylation sites is 1. The number of hydrogen-bond acceptors (Lipinski definition) is 5. The third-order valence-electron chi connectivity index (χ3n) is 5.51. The summed E-state index contributed by atoms with van der Waals surface area (Å²) in [4.78, 5) is 6.62. The summed E-state index contributed by atoms with van der Waals surface area (Å²) in [5.41, 5.74) is 8.99. The van der Waals surface area contributed by atoms with Gasteiger partial charge in [-0.1, -0.05) is 24.8 Å². The van der Waals surface area contributed by atoms with Crippen molar-refractivity contribution in [1.29, 1.82) is 0 Å². The van der Waals surface area contributed by atoms with Crippen LogP contribution in [0.3, 0.4) is 0 Å². The first-order chi connectivity index (χ1) is 13.2. The van der Waals surface area contributed by atoms with Gasteiger partial charge < -0.3 is 15.2 Å². The lowest BCUT2D eigenvalue weighted by Crippen LogP contribution is -2.36. The molecule has 2 aliphatic rings. The van der Waals surface area contributed by atoms with Gasteiger partial charge in [0.25, 0.3) is 0 Å². The van der Waals surface area contributed by atoms with Crippen LogP contribution in [-0.2, 0) is 17.6 Å². The van der Waals surface area contributed by atoms with Gasteiger partial charge in [-0.05, 0) is 55.8 Å². The zero-order valence-electron chi connectivity index (χ0n) is 16.3. The molecular formula is C22H31N3O2. The lowest BCUT2D eigenvalue weighted by atomic mass is 9.90. The Morgan fingerprint density at radius 1 is 1.41 bits per heavy atom. The predicted octanol–water partition coefficient (Wildman–Crippen LogP) is 3.30. The Balaban J connectivity index is 1.44. The number of methoxy groups -OCH3 is 1. The summed E-state index contributed by atoms with van der Waals surface area (Å²) in [6.07, 6.45) is 8.79. The third-order valence-corrected chi connectivity index (χ3v) is 5.51. The van der Waals surface area contributed by atoms with E-state index in [1.54, 1.807) is 7.11 Å². The molecule has 2 N–H and O–H groups in total. The first kappa shape index (κ1) is 19.5. The Morgan fingerprint density at radius 3 is 2.96 bits per heavy atom. The monoisotopic (exact) mass is 369 g/mol. The van der Waals surface area contributed by atoms with Crippen molar-refractivity contribution in [2.45, 2.75) is 32.1 Å². The molecule has 1 fully saturated rings. The first-order valence-electron chi connectivity index (χ1n) is 9.84. The zero-order valence-corrected chi connectivity index (χ0v) is 16.3. The number of aliphatic imine (C=N–C) groups is 1. The molecule has 1 saturated heterocycles. The highest BCUT2D eigenvalue weighted by atomic mass is 16.5. The van der Waals surface area contributed by atoms with Crippen LogP contribution in [0.25, 0.3) is 0 Å². The highest BCUT2D eigenvalue weighted by Crippen LogP contribution is 2.32. The maximum absolute atomic E-state index is 5.84. The van der Waals surface area contributed by atoms with E-state index in [1.807, 2.05) is 0 Å². The van der Waals surface area contributed by atoms with Crippen molar-refractivity contribution < 1.29 is 9.47 Å². The molecule has 146 valence electrons. The number of nitrogens with two attached hydrogens (primary N) is 1. The molecule has 5 heteroatoms. The van der Waals surface area contributed by atoms with Crippen LogP contribution < -0.4 is 10.5 Å². The fourth-order valence-electron chi connectivity index (χ4n) is 4.01. The Morgan fingerprint density at radius 2 is 2.22 bits per heavy atom. The van der Waals surface area contributed by atoms with Crippen molar-refractivity contribution in [3.05, 3.63) is 53.9 Å². The van der Waals surface area contributed by atoms with E-state index >= 15 is 0 Å². The average molecular weight is 370 g/mol. The molecular weight excluding hydrogens is 338 g/mol. The highest BCUT2D eigenvalue weighted by Gasteiger charge is 2.22. The fraction of sp³-hybridized carbons (Fsp3) is 0.500. The maximum Gasteiger partial charge on any atom is 0.216 e. The number of hydrogen-bond donors (Lipinski definition) is 1. The molecule has 1 aromatic carbocycles. The molecule has 1 aromatic rings. The first-order valence-corrected chi connectivity index (χ1v) is 9.84.